The highest BCUT2D eigenvalue weighted by molar-refractivity contribution is 5.76. The van der Waals surface area contributed by atoms with Crippen molar-refractivity contribution in [2.75, 3.05) is 0 Å². The van der Waals surface area contributed by atoms with Gasteiger partial charge in [0.1, 0.15) is 0 Å². The molecule has 1 N–H and O–H groups in total. The molecule has 6 heteroatoms. The van der Waals surface area contributed by atoms with E-state index in [1.165, 1.54) is 0 Å². The Morgan fingerprint density at radius 1 is 1.00 bits per heavy atom. The lowest BCUT2D eigenvalue weighted by Crippen LogP contribution is -2.47. The maximum absolute atomic E-state index is 12.5. The van der Waals surface area contributed by atoms with Gasteiger partial charge < -0.3 is 9.47 Å². The maximum atomic E-state index is 12.5. The number of allylic oxidation sites excluding steroid dienone is 2. The summed E-state index contributed by atoms with van der Waals surface area (Å²) in [7, 11) is 0. The van der Waals surface area contributed by atoms with Gasteiger partial charge in [0.25, 0.3) is 0 Å². The largest absolute Gasteiger partial charge is 0.446 e. The molecule has 0 unspecified atom stereocenters. The molecule has 0 aromatic carbocycles. The zero-order valence-electron chi connectivity index (χ0n) is 18.0. The predicted molar refractivity (Wildman–Crippen MR) is 109 cm³/mol. The van der Waals surface area contributed by atoms with Gasteiger partial charge in [-0.05, 0) is 59.0 Å². The molecule has 0 radical (unpaired) electrons. The summed E-state index contributed by atoms with van der Waals surface area (Å²) in [5.74, 6) is 0. The third-order valence-corrected chi connectivity index (χ3v) is 3.70. The highest BCUT2D eigenvalue weighted by Crippen LogP contribution is 2.21. The SMILES string of the molecule is C=C(/C(=C/CCCCC)CCCC)N(NC(=O)OC(C)C)C(=O)OC(C)C. The number of hydrogen-bond donors (Lipinski definition) is 1. The number of nitrogens with zero attached hydrogens (tertiary/aromatic N) is 1. The molecule has 27 heavy (non-hydrogen) atoms. The van der Waals surface area contributed by atoms with Gasteiger partial charge in [0, 0.05) is 0 Å². The number of ether oxygens (including phenoxy) is 2. The van der Waals surface area contributed by atoms with Crippen LogP contribution in [0.15, 0.2) is 23.9 Å². The smallest absolute Gasteiger partial charge is 0.433 e. The van der Waals surface area contributed by atoms with Crippen LogP contribution in [0.3, 0.4) is 0 Å². The second-order valence-corrected chi connectivity index (χ2v) is 7.11. The Labute approximate surface area is 164 Å². The highest BCUT2D eigenvalue weighted by atomic mass is 16.6. The lowest BCUT2D eigenvalue weighted by atomic mass is 10.0. The van der Waals surface area contributed by atoms with Gasteiger partial charge in [0.05, 0.1) is 17.9 Å². The minimum atomic E-state index is -0.715. The summed E-state index contributed by atoms with van der Waals surface area (Å²) in [6, 6.07) is 0. The Balaban J connectivity index is 5.40. The third-order valence-electron chi connectivity index (χ3n) is 3.70. The highest BCUT2D eigenvalue weighted by Gasteiger charge is 2.25. The van der Waals surface area contributed by atoms with Crippen LogP contribution >= 0.6 is 0 Å². The summed E-state index contributed by atoms with van der Waals surface area (Å²) >= 11 is 0. The van der Waals surface area contributed by atoms with Crippen LogP contribution in [0.1, 0.15) is 86.5 Å². The number of carbonyl (C=O) groups excluding carboxylic acids is 2. The third kappa shape index (κ3) is 11.4. The van der Waals surface area contributed by atoms with E-state index in [0.29, 0.717) is 5.70 Å². The quantitative estimate of drug-likeness (QED) is 0.266. The first-order valence-electron chi connectivity index (χ1n) is 10.1. The first-order chi connectivity index (χ1) is 12.7. The molecule has 0 rings (SSSR count). The van der Waals surface area contributed by atoms with Crippen LogP contribution in [0.25, 0.3) is 0 Å². The van der Waals surface area contributed by atoms with Crippen molar-refractivity contribution < 1.29 is 19.1 Å². The van der Waals surface area contributed by atoms with E-state index in [1.807, 2.05) is 0 Å². The summed E-state index contributed by atoms with van der Waals surface area (Å²) in [5, 5.41) is 1.06. The van der Waals surface area contributed by atoms with Crippen molar-refractivity contribution in [3.63, 3.8) is 0 Å². The Kier molecular flexibility index (Phi) is 13.1. The molecule has 0 atom stereocenters. The van der Waals surface area contributed by atoms with Crippen molar-refractivity contribution in [1.29, 1.82) is 0 Å². The minimum Gasteiger partial charge on any atom is -0.446 e. The van der Waals surface area contributed by atoms with Crippen molar-refractivity contribution in [3.8, 4) is 0 Å². The van der Waals surface area contributed by atoms with Gasteiger partial charge in [-0.2, -0.15) is 5.01 Å². The van der Waals surface area contributed by atoms with Gasteiger partial charge in [-0.25, -0.2) is 15.0 Å². The summed E-state index contributed by atoms with van der Waals surface area (Å²) < 4.78 is 10.4. The molecular formula is C21H38N2O4. The van der Waals surface area contributed by atoms with Crippen LogP contribution in [-0.4, -0.2) is 29.4 Å². The molecule has 156 valence electrons. The fourth-order valence-electron chi connectivity index (χ4n) is 2.35. The fourth-order valence-corrected chi connectivity index (χ4v) is 2.35. The number of hydrazine groups is 1. The topological polar surface area (TPSA) is 67.9 Å². The first kappa shape index (κ1) is 25.0. The van der Waals surface area contributed by atoms with Gasteiger partial charge >= 0.3 is 12.2 Å². The van der Waals surface area contributed by atoms with Gasteiger partial charge in [-0.1, -0.05) is 45.8 Å². The molecule has 0 spiro atoms. The van der Waals surface area contributed by atoms with E-state index in [9.17, 15) is 9.59 Å². The molecule has 0 saturated carbocycles. The summed E-state index contributed by atoms with van der Waals surface area (Å²) in [4.78, 5) is 24.6. The Morgan fingerprint density at radius 3 is 2.11 bits per heavy atom. The lowest BCUT2D eigenvalue weighted by molar-refractivity contribution is 0.0590. The van der Waals surface area contributed by atoms with Crippen molar-refractivity contribution in [2.45, 2.75) is 98.7 Å². The van der Waals surface area contributed by atoms with Crippen LogP contribution in [0.2, 0.25) is 0 Å². The van der Waals surface area contributed by atoms with Crippen molar-refractivity contribution in [2.24, 2.45) is 0 Å². The van der Waals surface area contributed by atoms with Crippen LogP contribution < -0.4 is 5.43 Å². The number of nitrogens with one attached hydrogen (secondary N) is 1. The van der Waals surface area contributed by atoms with Gasteiger partial charge in [-0.3, -0.25) is 0 Å². The van der Waals surface area contributed by atoms with Crippen molar-refractivity contribution in [3.05, 3.63) is 23.9 Å². The molecule has 0 saturated heterocycles. The lowest BCUT2D eigenvalue weighted by Gasteiger charge is -2.27. The van der Waals surface area contributed by atoms with E-state index >= 15 is 0 Å². The van der Waals surface area contributed by atoms with Crippen LogP contribution in [0.5, 0.6) is 0 Å². The molecule has 0 fully saturated rings. The molecule has 0 aliphatic heterocycles. The Bertz CT molecular complexity index is 498. The Morgan fingerprint density at radius 2 is 1.59 bits per heavy atom. The molecule has 6 nitrogen and oxygen atoms in total. The van der Waals surface area contributed by atoms with E-state index in [0.717, 1.165) is 55.5 Å². The van der Waals surface area contributed by atoms with Crippen LogP contribution in [0.4, 0.5) is 9.59 Å². The average molecular weight is 383 g/mol. The summed E-state index contributed by atoms with van der Waals surface area (Å²) in [6.45, 7) is 15.3. The van der Waals surface area contributed by atoms with E-state index in [2.05, 4.69) is 31.9 Å². The molecule has 0 aromatic rings. The normalized spacial score (nSPS) is 11.5. The van der Waals surface area contributed by atoms with E-state index in [1.54, 1.807) is 27.7 Å². The van der Waals surface area contributed by atoms with E-state index < -0.39 is 12.2 Å². The number of amides is 2. The van der Waals surface area contributed by atoms with E-state index in [-0.39, 0.29) is 12.2 Å². The van der Waals surface area contributed by atoms with Gasteiger partial charge in [-0.15, -0.1) is 0 Å². The monoisotopic (exact) mass is 382 g/mol. The average Bonchev–Trinajstić information content (AvgIpc) is 2.57. The fraction of sp³-hybridized carbons (Fsp3) is 0.714. The number of rotatable bonds is 11. The molecule has 0 aliphatic rings. The number of unbranched alkanes of at least 4 members (excludes halogenated alkanes) is 4. The molecule has 0 aromatic heterocycles. The molecule has 0 bridgehead atoms. The van der Waals surface area contributed by atoms with Crippen LogP contribution in [0, 0.1) is 0 Å². The summed E-state index contributed by atoms with van der Waals surface area (Å²) in [5.41, 5.74) is 3.83. The second-order valence-electron chi connectivity index (χ2n) is 7.11. The van der Waals surface area contributed by atoms with Gasteiger partial charge in [0.2, 0.25) is 0 Å². The standard InChI is InChI=1S/C21H38N2O4/c1-8-10-12-13-15-19(14-11-9-2)18(7)23(21(25)27-17(5)6)22-20(24)26-16(3)4/h15-17H,7-14H2,1-6H3,(H,22,24)/b19-15+. The van der Waals surface area contributed by atoms with Crippen molar-refractivity contribution in [1.82, 2.24) is 10.4 Å². The first-order valence-corrected chi connectivity index (χ1v) is 10.1. The molecule has 0 aliphatic carbocycles. The second kappa shape index (κ2) is 14.1. The predicted octanol–water partition coefficient (Wildman–Crippen LogP) is 6.09. The number of hydrogen-bond acceptors (Lipinski definition) is 4. The summed E-state index contributed by atoms with van der Waals surface area (Å²) in [6.07, 6.45) is 7.19. The maximum Gasteiger partial charge on any atom is 0.433 e. The van der Waals surface area contributed by atoms with Gasteiger partial charge in [0.15, 0.2) is 0 Å². The zero-order chi connectivity index (χ0) is 20.8. The molecule has 0 heterocycles. The molecular weight excluding hydrogens is 344 g/mol. The minimum absolute atomic E-state index is 0.301. The molecule has 2 amide bonds. The Hall–Kier alpha value is -1.98. The number of carbonyl (C=O) groups is 2. The van der Waals surface area contributed by atoms with Crippen LogP contribution in [-0.2, 0) is 9.47 Å². The zero-order valence-corrected chi connectivity index (χ0v) is 18.0. The van der Waals surface area contributed by atoms with Crippen molar-refractivity contribution >= 4 is 12.2 Å². The van der Waals surface area contributed by atoms with E-state index in [4.69, 9.17) is 9.47 Å².